The highest BCUT2D eigenvalue weighted by Crippen LogP contribution is 2.26. The van der Waals surface area contributed by atoms with Crippen molar-refractivity contribution >= 4 is 5.69 Å². The maximum absolute atomic E-state index is 13.2. The van der Waals surface area contributed by atoms with E-state index in [2.05, 4.69) is 5.32 Å². The Morgan fingerprint density at radius 3 is 1.68 bits per heavy atom. The average Bonchev–Trinajstić information content (AvgIpc) is 2.32. The largest absolute Gasteiger partial charge is 0.378 e. The first-order chi connectivity index (χ1) is 8.65. The molecule has 1 aromatic rings. The summed E-state index contributed by atoms with van der Waals surface area (Å²) in [5.41, 5.74) is -1.51. The molecule has 2 nitrogen and oxygen atoms in total. The second-order valence-corrected chi connectivity index (χ2v) is 4.83. The summed E-state index contributed by atoms with van der Waals surface area (Å²) < 4.78 is 70.2. The van der Waals surface area contributed by atoms with Gasteiger partial charge in [-0.15, -0.1) is 0 Å². The number of rotatable bonds is 4. The van der Waals surface area contributed by atoms with E-state index in [1.54, 1.807) is 20.8 Å². The van der Waals surface area contributed by atoms with Gasteiger partial charge in [0.05, 0.1) is 12.2 Å². The number of nitrogens with one attached hydrogen (secondary N) is 1. The van der Waals surface area contributed by atoms with Crippen LogP contribution in [0, 0.1) is 29.1 Å². The normalized spacial score (nSPS) is 11.8. The highest BCUT2D eigenvalue weighted by molar-refractivity contribution is 5.47. The van der Waals surface area contributed by atoms with Crippen LogP contribution in [0.3, 0.4) is 0 Å². The maximum Gasteiger partial charge on any atom is 0.200 e. The van der Waals surface area contributed by atoms with Gasteiger partial charge >= 0.3 is 0 Å². The molecule has 0 saturated carbocycles. The monoisotopic (exact) mass is 283 g/mol. The zero-order chi connectivity index (χ0) is 14.8. The van der Waals surface area contributed by atoms with Gasteiger partial charge in [0, 0.05) is 6.54 Å². The van der Waals surface area contributed by atoms with Gasteiger partial charge in [0.25, 0.3) is 0 Å². The van der Waals surface area contributed by atoms with Gasteiger partial charge in [-0.25, -0.2) is 22.0 Å². The SMILES string of the molecule is CC(C)(C)OCCNc1c(F)c(F)c(F)c(F)c1F. The molecule has 19 heavy (non-hydrogen) atoms. The summed E-state index contributed by atoms with van der Waals surface area (Å²) in [6.07, 6.45) is 0. The van der Waals surface area contributed by atoms with Crippen molar-refractivity contribution in [2.45, 2.75) is 26.4 Å². The summed E-state index contributed by atoms with van der Waals surface area (Å²) in [7, 11) is 0. The number of halogens is 5. The van der Waals surface area contributed by atoms with Crippen molar-refractivity contribution in [3.8, 4) is 0 Å². The lowest BCUT2D eigenvalue weighted by Crippen LogP contribution is -2.23. The lowest BCUT2D eigenvalue weighted by Gasteiger charge is -2.20. The molecule has 0 radical (unpaired) electrons. The van der Waals surface area contributed by atoms with Gasteiger partial charge in [-0.1, -0.05) is 0 Å². The summed E-state index contributed by atoms with van der Waals surface area (Å²) >= 11 is 0. The first kappa shape index (κ1) is 15.7. The number of ether oxygens (including phenoxy) is 1. The summed E-state index contributed by atoms with van der Waals surface area (Å²) in [6.45, 7) is 5.28. The van der Waals surface area contributed by atoms with Gasteiger partial charge in [-0.2, -0.15) is 0 Å². The first-order valence-electron chi connectivity index (χ1n) is 5.54. The van der Waals surface area contributed by atoms with E-state index in [0.29, 0.717) is 0 Å². The zero-order valence-electron chi connectivity index (χ0n) is 10.7. The minimum atomic E-state index is -2.17. The Labute approximate surface area is 107 Å². The third kappa shape index (κ3) is 3.79. The predicted octanol–water partition coefficient (Wildman–Crippen LogP) is 3.61. The molecule has 7 heteroatoms. The lowest BCUT2D eigenvalue weighted by molar-refractivity contribution is 0.00329. The molecule has 0 atom stereocenters. The molecule has 1 N–H and O–H groups in total. The average molecular weight is 283 g/mol. The van der Waals surface area contributed by atoms with E-state index in [1.807, 2.05) is 0 Å². The highest BCUT2D eigenvalue weighted by Gasteiger charge is 2.25. The molecule has 0 spiro atoms. The third-order valence-electron chi connectivity index (χ3n) is 2.15. The van der Waals surface area contributed by atoms with Crippen LogP contribution in [0.4, 0.5) is 27.6 Å². The summed E-state index contributed by atoms with van der Waals surface area (Å²) in [4.78, 5) is 0. The molecular weight excluding hydrogens is 269 g/mol. The molecule has 1 aromatic carbocycles. The number of hydrogen-bond acceptors (Lipinski definition) is 2. The van der Waals surface area contributed by atoms with Crippen LogP contribution in [0.25, 0.3) is 0 Å². The molecule has 0 aromatic heterocycles. The molecule has 0 aliphatic heterocycles. The zero-order valence-corrected chi connectivity index (χ0v) is 10.7. The summed E-state index contributed by atoms with van der Waals surface area (Å²) in [6, 6.07) is 0. The molecule has 0 unspecified atom stereocenters. The molecule has 0 fully saturated rings. The number of anilines is 1. The summed E-state index contributed by atoms with van der Waals surface area (Å²) in [5, 5.41) is 2.14. The molecule has 0 aliphatic rings. The van der Waals surface area contributed by atoms with Gasteiger partial charge in [-0.05, 0) is 20.8 Å². The Kier molecular flexibility index (Phi) is 4.73. The predicted molar refractivity (Wildman–Crippen MR) is 60.4 cm³/mol. The van der Waals surface area contributed by atoms with Crippen LogP contribution in [0.1, 0.15) is 20.8 Å². The van der Waals surface area contributed by atoms with E-state index in [9.17, 15) is 22.0 Å². The van der Waals surface area contributed by atoms with Crippen molar-refractivity contribution < 1.29 is 26.7 Å². The molecule has 0 amide bonds. The van der Waals surface area contributed by atoms with Gasteiger partial charge in [-0.3, -0.25) is 0 Å². The van der Waals surface area contributed by atoms with Crippen molar-refractivity contribution in [2.24, 2.45) is 0 Å². The third-order valence-corrected chi connectivity index (χ3v) is 2.15. The van der Waals surface area contributed by atoms with Crippen molar-refractivity contribution in [1.82, 2.24) is 0 Å². The fourth-order valence-corrected chi connectivity index (χ4v) is 1.29. The second kappa shape index (κ2) is 5.73. The molecule has 108 valence electrons. The Bertz CT molecular complexity index is 441. The van der Waals surface area contributed by atoms with E-state index >= 15 is 0 Å². The van der Waals surface area contributed by atoms with Crippen molar-refractivity contribution in [3.05, 3.63) is 29.1 Å². The lowest BCUT2D eigenvalue weighted by atomic mass is 10.2. The molecular formula is C12H14F5NO. The van der Waals surface area contributed by atoms with Crippen LogP contribution >= 0.6 is 0 Å². The van der Waals surface area contributed by atoms with E-state index in [4.69, 9.17) is 4.74 Å². The Hall–Kier alpha value is -1.37. The first-order valence-corrected chi connectivity index (χ1v) is 5.54. The van der Waals surface area contributed by atoms with Crippen LogP contribution in [-0.2, 0) is 4.74 Å². The van der Waals surface area contributed by atoms with Crippen LogP contribution in [0.2, 0.25) is 0 Å². The quantitative estimate of drug-likeness (QED) is 0.394. The van der Waals surface area contributed by atoms with Crippen LogP contribution in [0.5, 0.6) is 0 Å². The van der Waals surface area contributed by atoms with E-state index < -0.39 is 40.4 Å². The highest BCUT2D eigenvalue weighted by atomic mass is 19.2. The molecule has 0 bridgehead atoms. The van der Waals surface area contributed by atoms with Crippen LogP contribution < -0.4 is 5.32 Å². The maximum atomic E-state index is 13.2. The van der Waals surface area contributed by atoms with Crippen LogP contribution in [-0.4, -0.2) is 18.8 Å². The van der Waals surface area contributed by atoms with E-state index in [0.717, 1.165) is 0 Å². The van der Waals surface area contributed by atoms with Gasteiger partial charge < -0.3 is 10.1 Å². The van der Waals surface area contributed by atoms with Crippen molar-refractivity contribution in [3.63, 3.8) is 0 Å². The fourth-order valence-electron chi connectivity index (χ4n) is 1.29. The van der Waals surface area contributed by atoms with Gasteiger partial charge in [0.15, 0.2) is 23.3 Å². The van der Waals surface area contributed by atoms with Crippen LogP contribution in [0.15, 0.2) is 0 Å². The molecule has 0 aliphatic carbocycles. The van der Waals surface area contributed by atoms with Crippen molar-refractivity contribution in [2.75, 3.05) is 18.5 Å². The second-order valence-electron chi connectivity index (χ2n) is 4.83. The Balaban J connectivity index is 2.80. The Morgan fingerprint density at radius 2 is 1.26 bits per heavy atom. The smallest absolute Gasteiger partial charge is 0.200 e. The minimum absolute atomic E-state index is 0.0585. The molecule has 0 saturated heterocycles. The molecule has 1 rings (SSSR count). The minimum Gasteiger partial charge on any atom is -0.378 e. The number of hydrogen-bond donors (Lipinski definition) is 1. The Morgan fingerprint density at radius 1 is 0.842 bits per heavy atom. The molecule has 0 heterocycles. The standard InChI is InChI=1S/C12H14F5NO/c1-12(2,3)19-5-4-18-11-9(16)7(14)6(13)8(15)10(11)17/h18H,4-5H2,1-3H3. The number of benzene rings is 1. The fraction of sp³-hybridized carbons (Fsp3) is 0.500. The van der Waals surface area contributed by atoms with Crippen molar-refractivity contribution in [1.29, 1.82) is 0 Å². The topological polar surface area (TPSA) is 21.3 Å². The summed E-state index contributed by atoms with van der Waals surface area (Å²) in [5.74, 6) is -9.89. The van der Waals surface area contributed by atoms with Gasteiger partial charge in [0.1, 0.15) is 5.69 Å². The van der Waals surface area contributed by atoms with E-state index in [-0.39, 0.29) is 13.2 Å². The van der Waals surface area contributed by atoms with Gasteiger partial charge in [0.2, 0.25) is 5.82 Å². The van der Waals surface area contributed by atoms with E-state index in [1.165, 1.54) is 0 Å².